The Labute approximate surface area is 139 Å². The lowest BCUT2D eigenvalue weighted by Crippen LogP contribution is -2.25. The highest BCUT2D eigenvalue weighted by Gasteiger charge is 2.26. The standard InChI is InChI=1S/C14H14F3N5OS/c1-19-11(23)9-4-2-3-8(5-9)10-6-24-13(21-10)22-12(18)20-7-14(15,16)17/h2-6H,7H2,1H3,(H,19,23)(H3,18,20,21,22). The predicted molar refractivity (Wildman–Crippen MR) is 87.1 cm³/mol. The second-order valence-corrected chi connectivity index (χ2v) is 5.50. The van der Waals surface area contributed by atoms with E-state index in [-0.39, 0.29) is 11.9 Å². The highest BCUT2D eigenvalue weighted by molar-refractivity contribution is 7.14. The SMILES string of the molecule is CNC(=O)c1cccc(-c2csc(NC(N)=NCC(F)(F)F)n2)c1. The zero-order valence-corrected chi connectivity index (χ0v) is 13.3. The number of nitrogens with one attached hydrogen (secondary N) is 2. The smallest absolute Gasteiger partial charge is 0.370 e. The molecule has 1 heterocycles. The molecular weight excluding hydrogens is 343 g/mol. The van der Waals surface area contributed by atoms with E-state index in [4.69, 9.17) is 5.73 Å². The summed E-state index contributed by atoms with van der Waals surface area (Å²) < 4.78 is 36.2. The molecule has 0 unspecified atom stereocenters. The van der Waals surface area contributed by atoms with Crippen molar-refractivity contribution in [1.29, 1.82) is 0 Å². The van der Waals surface area contributed by atoms with Gasteiger partial charge in [0.25, 0.3) is 5.91 Å². The molecule has 1 aromatic carbocycles. The minimum absolute atomic E-state index is 0.228. The van der Waals surface area contributed by atoms with Gasteiger partial charge in [0.1, 0.15) is 6.54 Å². The van der Waals surface area contributed by atoms with Crippen molar-refractivity contribution in [1.82, 2.24) is 10.3 Å². The van der Waals surface area contributed by atoms with Crippen LogP contribution < -0.4 is 16.4 Å². The number of hydrogen-bond donors (Lipinski definition) is 3. The summed E-state index contributed by atoms with van der Waals surface area (Å²) in [7, 11) is 1.53. The maximum Gasteiger partial charge on any atom is 0.408 e. The number of alkyl halides is 3. The summed E-state index contributed by atoms with van der Waals surface area (Å²) in [5.74, 6) is -0.596. The Morgan fingerprint density at radius 2 is 2.17 bits per heavy atom. The maximum atomic E-state index is 12.1. The van der Waals surface area contributed by atoms with Gasteiger partial charge in [0.2, 0.25) is 0 Å². The Hall–Kier alpha value is -2.62. The summed E-state index contributed by atoms with van der Waals surface area (Å²) in [5, 5.41) is 7.03. The van der Waals surface area contributed by atoms with Crippen LogP contribution in [-0.2, 0) is 0 Å². The number of nitrogens with zero attached hydrogens (tertiary/aromatic N) is 2. The largest absolute Gasteiger partial charge is 0.408 e. The molecule has 128 valence electrons. The number of aromatic nitrogens is 1. The van der Waals surface area contributed by atoms with E-state index in [9.17, 15) is 18.0 Å². The van der Waals surface area contributed by atoms with Gasteiger partial charge in [0, 0.05) is 23.6 Å². The van der Waals surface area contributed by atoms with Crippen LogP contribution >= 0.6 is 11.3 Å². The van der Waals surface area contributed by atoms with Crippen LogP contribution in [-0.4, -0.2) is 36.6 Å². The molecule has 4 N–H and O–H groups in total. The average molecular weight is 357 g/mol. The number of halogens is 3. The first kappa shape index (κ1) is 17.7. The highest BCUT2D eigenvalue weighted by atomic mass is 32.1. The van der Waals surface area contributed by atoms with Crippen LogP contribution in [0.25, 0.3) is 11.3 Å². The molecule has 0 spiro atoms. The van der Waals surface area contributed by atoms with Crippen molar-refractivity contribution in [3.8, 4) is 11.3 Å². The van der Waals surface area contributed by atoms with Gasteiger partial charge in [-0.05, 0) is 12.1 Å². The third kappa shape index (κ3) is 4.95. The monoisotopic (exact) mass is 357 g/mol. The Bertz CT molecular complexity index is 757. The minimum Gasteiger partial charge on any atom is -0.370 e. The van der Waals surface area contributed by atoms with Crippen molar-refractivity contribution in [2.75, 3.05) is 18.9 Å². The quantitative estimate of drug-likeness (QED) is 0.579. The molecule has 0 bridgehead atoms. The number of guanidine groups is 1. The second kappa shape index (κ2) is 7.30. The van der Waals surface area contributed by atoms with Crippen LogP contribution in [0.3, 0.4) is 0 Å². The first-order valence-electron chi connectivity index (χ1n) is 6.70. The number of aliphatic imine (C=N–C) groups is 1. The summed E-state index contributed by atoms with van der Waals surface area (Å²) in [6.07, 6.45) is -4.42. The van der Waals surface area contributed by atoms with Crippen molar-refractivity contribution < 1.29 is 18.0 Å². The van der Waals surface area contributed by atoms with Crippen LogP contribution in [0.1, 0.15) is 10.4 Å². The van der Waals surface area contributed by atoms with E-state index in [1.807, 2.05) is 0 Å². The molecule has 0 radical (unpaired) electrons. The Kier molecular flexibility index (Phi) is 5.39. The number of thiazole rings is 1. The molecule has 2 aromatic rings. The van der Waals surface area contributed by atoms with E-state index < -0.39 is 12.7 Å². The molecule has 1 aromatic heterocycles. The van der Waals surface area contributed by atoms with Gasteiger partial charge in [0.05, 0.1) is 5.69 Å². The van der Waals surface area contributed by atoms with Gasteiger partial charge in [-0.1, -0.05) is 12.1 Å². The van der Waals surface area contributed by atoms with Crippen LogP contribution in [0.5, 0.6) is 0 Å². The number of rotatable bonds is 4. The van der Waals surface area contributed by atoms with E-state index in [0.29, 0.717) is 22.0 Å². The Morgan fingerprint density at radius 3 is 2.83 bits per heavy atom. The lowest BCUT2D eigenvalue weighted by Gasteiger charge is -2.04. The summed E-state index contributed by atoms with van der Waals surface area (Å²) >= 11 is 1.16. The van der Waals surface area contributed by atoms with Gasteiger partial charge in [-0.15, -0.1) is 11.3 Å². The van der Waals surface area contributed by atoms with Crippen LogP contribution in [0.15, 0.2) is 34.6 Å². The molecule has 2 rings (SSSR count). The molecule has 0 saturated carbocycles. The zero-order chi connectivity index (χ0) is 17.7. The molecule has 0 fully saturated rings. The Balaban J connectivity index is 2.12. The zero-order valence-electron chi connectivity index (χ0n) is 12.5. The summed E-state index contributed by atoms with van der Waals surface area (Å²) in [6, 6.07) is 6.81. The molecule has 24 heavy (non-hydrogen) atoms. The number of hydrogen-bond acceptors (Lipinski definition) is 4. The van der Waals surface area contributed by atoms with Crippen LogP contribution in [0, 0.1) is 0 Å². The third-order valence-corrected chi connectivity index (χ3v) is 3.57. The fourth-order valence-corrected chi connectivity index (χ4v) is 2.48. The molecule has 0 aliphatic rings. The lowest BCUT2D eigenvalue weighted by atomic mass is 10.1. The molecule has 10 heteroatoms. The molecular formula is C14H14F3N5OS. The van der Waals surface area contributed by atoms with Gasteiger partial charge in [-0.25, -0.2) is 9.98 Å². The fraction of sp³-hybridized carbons (Fsp3) is 0.214. The normalized spacial score (nSPS) is 12.1. The van der Waals surface area contributed by atoms with E-state index in [0.717, 1.165) is 11.3 Å². The van der Waals surface area contributed by atoms with Gasteiger partial charge in [-0.3, -0.25) is 4.79 Å². The minimum atomic E-state index is -4.42. The third-order valence-electron chi connectivity index (χ3n) is 2.82. The summed E-state index contributed by atoms with van der Waals surface area (Å²) in [6.45, 7) is -1.36. The lowest BCUT2D eigenvalue weighted by molar-refractivity contribution is -0.118. The number of amides is 1. The second-order valence-electron chi connectivity index (χ2n) is 4.64. The fourth-order valence-electron chi connectivity index (χ4n) is 1.75. The van der Waals surface area contributed by atoms with Crippen LogP contribution in [0.4, 0.5) is 18.3 Å². The number of anilines is 1. The molecule has 0 saturated heterocycles. The van der Waals surface area contributed by atoms with Crippen molar-refractivity contribution in [2.45, 2.75) is 6.18 Å². The van der Waals surface area contributed by atoms with Gasteiger partial charge >= 0.3 is 6.18 Å². The van der Waals surface area contributed by atoms with Gasteiger partial charge in [0.15, 0.2) is 11.1 Å². The molecule has 0 aliphatic heterocycles. The predicted octanol–water partition coefficient (Wildman–Crippen LogP) is 2.46. The van der Waals surface area contributed by atoms with E-state index in [1.165, 1.54) is 7.05 Å². The summed E-state index contributed by atoms with van der Waals surface area (Å²) in [5.41, 5.74) is 7.14. The van der Waals surface area contributed by atoms with Crippen molar-refractivity contribution in [3.05, 3.63) is 35.2 Å². The molecule has 1 amide bonds. The molecule has 0 aliphatic carbocycles. The first-order valence-corrected chi connectivity index (χ1v) is 7.58. The number of carbonyl (C=O) groups excluding carboxylic acids is 1. The van der Waals surface area contributed by atoms with E-state index in [2.05, 4.69) is 20.6 Å². The van der Waals surface area contributed by atoms with Crippen molar-refractivity contribution >= 4 is 28.3 Å². The molecule has 6 nitrogen and oxygen atoms in total. The average Bonchev–Trinajstić information content (AvgIpc) is 3.00. The Morgan fingerprint density at radius 1 is 1.42 bits per heavy atom. The van der Waals surface area contributed by atoms with E-state index >= 15 is 0 Å². The van der Waals surface area contributed by atoms with Gasteiger partial charge in [-0.2, -0.15) is 13.2 Å². The summed E-state index contributed by atoms with van der Waals surface area (Å²) in [4.78, 5) is 19.1. The topological polar surface area (TPSA) is 92.4 Å². The number of carbonyl (C=O) groups is 1. The van der Waals surface area contributed by atoms with Crippen molar-refractivity contribution in [2.24, 2.45) is 10.7 Å². The highest BCUT2D eigenvalue weighted by Crippen LogP contribution is 2.25. The van der Waals surface area contributed by atoms with Crippen molar-refractivity contribution in [3.63, 3.8) is 0 Å². The number of benzene rings is 1. The van der Waals surface area contributed by atoms with Gasteiger partial charge < -0.3 is 16.4 Å². The van der Waals surface area contributed by atoms with Crippen LogP contribution in [0.2, 0.25) is 0 Å². The number of nitrogens with two attached hydrogens (primary N) is 1. The molecule has 0 atom stereocenters. The first-order chi connectivity index (χ1) is 11.3. The van der Waals surface area contributed by atoms with E-state index in [1.54, 1.807) is 29.6 Å². The maximum absolute atomic E-state index is 12.1.